The van der Waals surface area contributed by atoms with Crippen LogP contribution in [-0.4, -0.2) is 69.0 Å². The van der Waals surface area contributed by atoms with Gasteiger partial charge in [-0.2, -0.15) is 0 Å². The Morgan fingerprint density at radius 3 is 1.11 bits per heavy atom. The number of aliphatic carboxylic acids is 2. The highest BCUT2D eigenvalue weighted by Gasteiger charge is 2.36. The summed E-state index contributed by atoms with van der Waals surface area (Å²) in [6, 6.07) is 0. The molecule has 0 heterocycles. The molecule has 0 bridgehead atoms. The SMILES string of the molecule is CC(C)(CO)C(=O)O.O=C(O)C(CO)(CO)CO. The van der Waals surface area contributed by atoms with E-state index in [9.17, 15) is 9.59 Å². The zero-order valence-corrected chi connectivity index (χ0v) is 10.3. The van der Waals surface area contributed by atoms with Gasteiger partial charge in [0.05, 0.1) is 31.8 Å². The van der Waals surface area contributed by atoms with Crippen molar-refractivity contribution in [3.8, 4) is 0 Å². The van der Waals surface area contributed by atoms with E-state index in [0.717, 1.165) is 0 Å². The van der Waals surface area contributed by atoms with E-state index in [1.165, 1.54) is 13.8 Å². The molecule has 0 aromatic carbocycles. The molecule has 0 fully saturated rings. The summed E-state index contributed by atoms with van der Waals surface area (Å²) in [6.45, 7) is 0.312. The lowest BCUT2D eigenvalue weighted by molar-refractivity contribution is -0.158. The molecule has 0 unspecified atom stereocenters. The quantitative estimate of drug-likeness (QED) is 0.327. The number of carboxylic acids is 2. The minimum atomic E-state index is -1.79. The number of hydrogen-bond acceptors (Lipinski definition) is 6. The van der Waals surface area contributed by atoms with Crippen LogP contribution < -0.4 is 0 Å². The van der Waals surface area contributed by atoms with E-state index < -0.39 is 42.6 Å². The highest BCUT2D eigenvalue weighted by Crippen LogP contribution is 2.13. The van der Waals surface area contributed by atoms with Gasteiger partial charge in [-0.25, -0.2) is 0 Å². The fraction of sp³-hybridized carbons (Fsp3) is 0.800. The molecule has 0 rings (SSSR count). The second-order valence-corrected chi connectivity index (χ2v) is 4.41. The molecule has 0 radical (unpaired) electrons. The Bertz CT molecular complexity index is 261. The molecule has 18 heavy (non-hydrogen) atoms. The van der Waals surface area contributed by atoms with E-state index in [2.05, 4.69) is 0 Å². The summed E-state index contributed by atoms with van der Waals surface area (Å²) in [7, 11) is 0. The molecular weight excluding hydrogens is 248 g/mol. The Morgan fingerprint density at radius 2 is 1.11 bits per heavy atom. The number of rotatable bonds is 6. The first-order valence-corrected chi connectivity index (χ1v) is 5.03. The van der Waals surface area contributed by atoms with Crippen LogP contribution in [0.2, 0.25) is 0 Å². The molecule has 0 spiro atoms. The topological polar surface area (TPSA) is 156 Å². The predicted octanol–water partition coefficient (Wildman–Crippen LogP) is -1.88. The summed E-state index contributed by atoms with van der Waals surface area (Å²) >= 11 is 0. The minimum Gasteiger partial charge on any atom is -0.481 e. The molecule has 0 aromatic heterocycles. The van der Waals surface area contributed by atoms with E-state index in [0.29, 0.717) is 0 Å². The number of carbonyl (C=O) groups is 2. The third-order valence-electron chi connectivity index (χ3n) is 2.34. The third-order valence-corrected chi connectivity index (χ3v) is 2.34. The number of hydrogen-bond donors (Lipinski definition) is 6. The van der Waals surface area contributed by atoms with Gasteiger partial charge in [-0.1, -0.05) is 0 Å². The molecule has 108 valence electrons. The molecule has 0 amide bonds. The summed E-state index contributed by atoms with van der Waals surface area (Å²) in [5.41, 5.74) is -2.78. The van der Waals surface area contributed by atoms with Crippen LogP contribution in [0.25, 0.3) is 0 Å². The Kier molecular flexibility index (Phi) is 8.48. The zero-order chi connectivity index (χ0) is 15.0. The van der Waals surface area contributed by atoms with Crippen molar-refractivity contribution in [3.63, 3.8) is 0 Å². The van der Waals surface area contributed by atoms with Gasteiger partial charge in [0.1, 0.15) is 5.41 Å². The minimum absolute atomic E-state index is 0.317. The number of carboxylic acid groups (broad SMARTS) is 2. The van der Waals surface area contributed by atoms with Gasteiger partial charge in [0.2, 0.25) is 0 Å². The summed E-state index contributed by atoms with van der Waals surface area (Å²) in [6.07, 6.45) is 0. The average molecular weight is 268 g/mol. The van der Waals surface area contributed by atoms with Gasteiger partial charge < -0.3 is 30.6 Å². The van der Waals surface area contributed by atoms with Crippen molar-refractivity contribution in [3.05, 3.63) is 0 Å². The largest absolute Gasteiger partial charge is 0.481 e. The maximum absolute atomic E-state index is 10.2. The fourth-order valence-corrected chi connectivity index (χ4v) is 0.421. The van der Waals surface area contributed by atoms with Crippen LogP contribution in [0.1, 0.15) is 13.8 Å². The molecule has 0 aliphatic carbocycles. The van der Waals surface area contributed by atoms with Crippen LogP contribution >= 0.6 is 0 Å². The molecular formula is C10H20O8. The molecule has 0 atom stereocenters. The average Bonchev–Trinajstić information content (AvgIpc) is 2.32. The van der Waals surface area contributed by atoms with E-state index in [4.69, 9.17) is 30.6 Å². The van der Waals surface area contributed by atoms with Crippen LogP contribution in [-0.2, 0) is 9.59 Å². The van der Waals surface area contributed by atoms with Crippen molar-refractivity contribution in [2.24, 2.45) is 10.8 Å². The third kappa shape index (κ3) is 5.41. The fourth-order valence-electron chi connectivity index (χ4n) is 0.421. The molecule has 8 heteroatoms. The zero-order valence-electron chi connectivity index (χ0n) is 10.3. The summed E-state index contributed by atoms with van der Waals surface area (Å²) in [5.74, 6) is -2.37. The van der Waals surface area contributed by atoms with Crippen LogP contribution in [0.3, 0.4) is 0 Å². The molecule has 0 saturated carbocycles. The Labute approximate surface area is 104 Å². The second-order valence-electron chi connectivity index (χ2n) is 4.41. The first-order valence-electron chi connectivity index (χ1n) is 5.03. The van der Waals surface area contributed by atoms with Crippen LogP contribution in [0.15, 0.2) is 0 Å². The maximum atomic E-state index is 10.2. The Morgan fingerprint density at radius 1 is 0.778 bits per heavy atom. The van der Waals surface area contributed by atoms with Crippen molar-refractivity contribution < 1.29 is 40.2 Å². The van der Waals surface area contributed by atoms with Gasteiger partial charge in [-0.05, 0) is 13.8 Å². The van der Waals surface area contributed by atoms with Crippen LogP contribution in [0.5, 0.6) is 0 Å². The number of aliphatic hydroxyl groups is 4. The lowest BCUT2D eigenvalue weighted by Gasteiger charge is -2.20. The van der Waals surface area contributed by atoms with Gasteiger partial charge in [0, 0.05) is 0 Å². The molecule has 8 nitrogen and oxygen atoms in total. The van der Waals surface area contributed by atoms with E-state index in [-0.39, 0.29) is 6.61 Å². The van der Waals surface area contributed by atoms with Crippen molar-refractivity contribution >= 4 is 11.9 Å². The van der Waals surface area contributed by atoms with Crippen molar-refractivity contribution in [1.29, 1.82) is 0 Å². The molecule has 0 saturated heterocycles. The predicted molar refractivity (Wildman–Crippen MR) is 59.8 cm³/mol. The van der Waals surface area contributed by atoms with E-state index in [1.54, 1.807) is 0 Å². The first-order chi connectivity index (χ1) is 8.13. The Balaban J connectivity index is 0. The summed E-state index contributed by atoms with van der Waals surface area (Å²) in [5, 5.41) is 50.3. The molecule has 0 aliphatic rings. The number of aliphatic hydroxyl groups excluding tert-OH is 4. The van der Waals surface area contributed by atoms with Crippen molar-refractivity contribution in [2.75, 3.05) is 26.4 Å². The summed E-state index contributed by atoms with van der Waals surface area (Å²) < 4.78 is 0. The van der Waals surface area contributed by atoms with Gasteiger partial charge in [-0.15, -0.1) is 0 Å². The van der Waals surface area contributed by atoms with Gasteiger partial charge in [0.25, 0.3) is 0 Å². The van der Waals surface area contributed by atoms with Crippen LogP contribution in [0, 0.1) is 10.8 Å². The Hall–Kier alpha value is -1.22. The lowest BCUT2D eigenvalue weighted by Crippen LogP contribution is -2.41. The van der Waals surface area contributed by atoms with Gasteiger partial charge >= 0.3 is 11.9 Å². The van der Waals surface area contributed by atoms with Gasteiger partial charge in [0.15, 0.2) is 0 Å². The molecule has 6 N–H and O–H groups in total. The molecule has 0 aromatic rings. The first kappa shape index (κ1) is 19.1. The second kappa shape index (κ2) is 7.98. The van der Waals surface area contributed by atoms with E-state index in [1.807, 2.05) is 0 Å². The highest BCUT2D eigenvalue weighted by molar-refractivity contribution is 5.75. The lowest BCUT2D eigenvalue weighted by atomic mass is 9.92. The van der Waals surface area contributed by atoms with E-state index >= 15 is 0 Å². The van der Waals surface area contributed by atoms with Gasteiger partial charge in [-0.3, -0.25) is 9.59 Å². The summed E-state index contributed by atoms with van der Waals surface area (Å²) in [4.78, 5) is 20.3. The highest BCUT2D eigenvalue weighted by atomic mass is 16.4. The van der Waals surface area contributed by atoms with Crippen molar-refractivity contribution in [2.45, 2.75) is 13.8 Å². The monoisotopic (exact) mass is 268 g/mol. The maximum Gasteiger partial charge on any atom is 0.316 e. The molecule has 0 aliphatic heterocycles. The standard InChI is InChI=1S/C5H10O5.C5H10O3/c6-1-5(2-7,3-8)4(9)10;1-5(2,3-6)4(7)8/h6-8H,1-3H2,(H,9,10);6H,3H2,1-2H3,(H,7,8). The smallest absolute Gasteiger partial charge is 0.316 e. The van der Waals surface area contributed by atoms with Crippen molar-refractivity contribution in [1.82, 2.24) is 0 Å². The van der Waals surface area contributed by atoms with Crippen LogP contribution in [0.4, 0.5) is 0 Å². The normalized spacial score (nSPS) is 11.4.